The largest absolute Gasteiger partial charge is 0.374 e. The third kappa shape index (κ3) is 3.00. The van der Waals surface area contributed by atoms with Crippen molar-refractivity contribution in [3.05, 3.63) is 10.7 Å². The highest BCUT2D eigenvalue weighted by molar-refractivity contribution is 7.10. The summed E-state index contributed by atoms with van der Waals surface area (Å²) in [5, 5.41) is 15.5. The van der Waals surface area contributed by atoms with E-state index in [4.69, 9.17) is 16.9 Å². The summed E-state index contributed by atoms with van der Waals surface area (Å²) in [6.45, 7) is 4.42. The Labute approximate surface area is 137 Å². The maximum atomic E-state index is 12.2. The molecule has 1 atom stereocenters. The zero-order valence-electron chi connectivity index (χ0n) is 12.3. The van der Waals surface area contributed by atoms with Crippen LogP contribution in [0, 0.1) is 11.3 Å². The molecule has 7 nitrogen and oxygen atoms in total. The van der Waals surface area contributed by atoms with Crippen LogP contribution in [0.25, 0.3) is 0 Å². The summed E-state index contributed by atoms with van der Waals surface area (Å²) in [5.41, 5.74) is -0.482. The van der Waals surface area contributed by atoms with Crippen molar-refractivity contribution in [1.82, 2.24) is 14.6 Å². The van der Waals surface area contributed by atoms with Crippen molar-refractivity contribution in [1.29, 1.82) is 5.26 Å². The molecule has 1 aliphatic rings. The normalized spacial score (nSPS) is 20.9. The molecule has 9 heteroatoms. The van der Waals surface area contributed by atoms with Crippen LogP contribution in [0.2, 0.25) is 5.15 Å². The van der Waals surface area contributed by atoms with Crippen molar-refractivity contribution in [3.8, 4) is 6.07 Å². The molecule has 118 valence electrons. The van der Waals surface area contributed by atoms with Crippen LogP contribution >= 0.6 is 23.1 Å². The van der Waals surface area contributed by atoms with Gasteiger partial charge in [-0.05, 0) is 31.3 Å². The number of nitrogens with one attached hydrogen (secondary N) is 2. The van der Waals surface area contributed by atoms with Gasteiger partial charge >= 0.3 is 6.03 Å². The third-order valence-corrected chi connectivity index (χ3v) is 4.84. The quantitative estimate of drug-likeness (QED) is 0.610. The second kappa shape index (κ2) is 6.50. The van der Waals surface area contributed by atoms with Crippen LogP contribution in [0.3, 0.4) is 0 Å². The average molecular weight is 342 g/mol. The minimum atomic E-state index is -0.802. The first-order valence-electron chi connectivity index (χ1n) is 6.86. The number of nitriles is 1. The number of hydrogen-bond donors (Lipinski definition) is 2. The van der Waals surface area contributed by atoms with E-state index in [0.717, 1.165) is 11.5 Å². The predicted octanol–water partition coefficient (Wildman–Crippen LogP) is 2.19. The SMILES string of the molecule is CCC1(C)NC(=O)N(CCCNc2snc(Cl)c2C#N)C1=O. The molecular weight excluding hydrogens is 326 g/mol. The molecule has 22 heavy (non-hydrogen) atoms. The van der Waals surface area contributed by atoms with Crippen molar-refractivity contribution in [3.63, 3.8) is 0 Å². The van der Waals surface area contributed by atoms with Gasteiger partial charge in [0, 0.05) is 13.1 Å². The van der Waals surface area contributed by atoms with E-state index in [1.807, 2.05) is 13.0 Å². The highest BCUT2D eigenvalue weighted by Crippen LogP contribution is 2.27. The van der Waals surface area contributed by atoms with E-state index < -0.39 is 5.54 Å². The lowest BCUT2D eigenvalue weighted by Gasteiger charge is -2.19. The molecule has 1 aliphatic heterocycles. The lowest BCUT2D eigenvalue weighted by molar-refractivity contribution is -0.130. The van der Waals surface area contributed by atoms with E-state index in [1.165, 1.54) is 4.90 Å². The van der Waals surface area contributed by atoms with Crippen molar-refractivity contribution >= 4 is 40.1 Å². The Hall–Kier alpha value is -1.85. The van der Waals surface area contributed by atoms with Gasteiger partial charge in [-0.2, -0.15) is 9.64 Å². The van der Waals surface area contributed by atoms with Crippen molar-refractivity contribution < 1.29 is 9.59 Å². The number of aromatic nitrogens is 1. The maximum Gasteiger partial charge on any atom is 0.325 e. The summed E-state index contributed by atoms with van der Waals surface area (Å²) >= 11 is 6.89. The number of urea groups is 1. The first-order chi connectivity index (χ1) is 10.4. The van der Waals surface area contributed by atoms with Gasteiger partial charge in [-0.25, -0.2) is 4.79 Å². The molecule has 0 saturated carbocycles. The standard InChI is InChI=1S/C13H16ClN5O2S/c1-3-13(2)11(20)19(12(21)17-13)6-4-5-16-10-8(7-15)9(14)18-22-10/h16H,3-6H2,1-2H3,(H,17,21). The molecule has 0 aromatic carbocycles. The number of nitrogens with zero attached hydrogens (tertiary/aromatic N) is 3. The Kier molecular flexibility index (Phi) is 4.88. The zero-order valence-corrected chi connectivity index (χ0v) is 13.8. The molecular formula is C13H16ClN5O2S. The second-order valence-corrected chi connectivity index (χ2v) is 6.27. The Morgan fingerprint density at radius 3 is 2.86 bits per heavy atom. The summed E-state index contributed by atoms with van der Waals surface area (Å²) in [5.74, 6) is -0.196. The number of carbonyl (C=O) groups excluding carboxylic acids is 2. The Bertz CT molecular complexity index is 641. The van der Waals surface area contributed by atoms with Crippen molar-refractivity contribution in [2.75, 3.05) is 18.4 Å². The molecule has 2 N–H and O–H groups in total. The fourth-order valence-corrected chi connectivity index (χ4v) is 3.08. The van der Waals surface area contributed by atoms with Crippen LogP contribution in [-0.2, 0) is 4.79 Å². The molecule has 1 aromatic rings. The van der Waals surface area contributed by atoms with E-state index in [9.17, 15) is 9.59 Å². The van der Waals surface area contributed by atoms with Crippen LogP contribution in [0.15, 0.2) is 0 Å². The van der Waals surface area contributed by atoms with E-state index in [2.05, 4.69) is 15.0 Å². The maximum absolute atomic E-state index is 12.2. The summed E-state index contributed by atoms with van der Waals surface area (Å²) < 4.78 is 3.89. The van der Waals surface area contributed by atoms with Crippen LogP contribution in [0.5, 0.6) is 0 Å². The third-order valence-electron chi connectivity index (χ3n) is 3.66. The van der Waals surface area contributed by atoms with Crippen molar-refractivity contribution in [2.24, 2.45) is 0 Å². The fourth-order valence-electron chi connectivity index (χ4n) is 2.12. The molecule has 0 spiro atoms. The van der Waals surface area contributed by atoms with Gasteiger partial charge in [0.2, 0.25) is 0 Å². The summed E-state index contributed by atoms with van der Waals surface area (Å²) in [6.07, 6.45) is 1.12. The predicted molar refractivity (Wildman–Crippen MR) is 83.9 cm³/mol. The van der Waals surface area contributed by atoms with Gasteiger partial charge in [0.05, 0.1) is 0 Å². The van der Waals surface area contributed by atoms with E-state index in [0.29, 0.717) is 36.5 Å². The Morgan fingerprint density at radius 1 is 1.55 bits per heavy atom. The molecule has 0 radical (unpaired) electrons. The zero-order chi connectivity index (χ0) is 16.3. The first kappa shape index (κ1) is 16.5. The van der Waals surface area contributed by atoms with Gasteiger partial charge in [0.15, 0.2) is 5.15 Å². The number of halogens is 1. The van der Waals surface area contributed by atoms with Crippen molar-refractivity contribution in [2.45, 2.75) is 32.2 Å². The molecule has 1 fully saturated rings. The van der Waals surface area contributed by atoms with E-state index in [1.54, 1.807) is 6.92 Å². The second-order valence-electron chi connectivity index (χ2n) is 5.14. The van der Waals surface area contributed by atoms with Gasteiger partial charge in [0.1, 0.15) is 22.2 Å². The van der Waals surface area contributed by atoms with Crippen LogP contribution in [-0.4, -0.2) is 39.8 Å². The molecule has 2 heterocycles. The van der Waals surface area contributed by atoms with E-state index >= 15 is 0 Å². The molecule has 1 aromatic heterocycles. The Balaban J connectivity index is 1.86. The van der Waals surface area contributed by atoms with Gasteiger partial charge in [-0.15, -0.1) is 0 Å². The molecule has 0 aliphatic carbocycles. The minimum Gasteiger partial charge on any atom is -0.374 e. The number of hydrogen-bond acceptors (Lipinski definition) is 6. The summed E-state index contributed by atoms with van der Waals surface area (Å²) in [4.78, 5) is 25.3. The minimum absolute atomic E-state index is 0.183. The Morgan fingerprint density at radius 2 is 2.27 bits per heavy atom. The summed E-state index contributed by atoms with van der Waals surface area (Å²) in [7, 11) is 0. The van der Waals surface area contributed by atoms with Gasteiger partial charge < -0.3 is 10.6 Å². The van der Waals surface area contributed by atoms with Gasteiger partial charge in [-0.1, -0.05) is 18.5 Å². The molecule has 1 unspecified atom stereocenters. The average Bonchev–Trinajstić information content (AvgIpc) is 2.95. The molecule has 1 saturated heterocycles. The number of rotatable bonds is 6. The smallest absolute Gasteiger partial charge is 0.325 e. The van der Waals surface area contributed by atoms with E-state index in [-0.39, 0.29) is 17.1 Å². The summed E-state index contributed by atoms with van der Waals surface area (Å²) in [6, 6.07) is 1.63. The first-order valence-corrected chi connectivity index (χ1v) is 8.01. The van der Waals surface area contributed by atoms with Gasteiger partial charge in [0.25, 0.3) is 5.91 Å². The van der Waals surface area contributed by atoms with Crippen LogP contribution in [0.4, 0.5) is 9.80 Å². The molecule has 3 amide bonds. The molecule has 0 bridgehead atoms. The monoisotopic (exact) mass is 341 g/mol. The number of imide groups is 1. The lowest BCUT2D eigenvalue weighted by Crippen LogP contribution is -2.43. The highest BCUT2D eigenvalue weighted by Gasteiger charge is 2.45. The van der Waals surface area contributed by atoms with Crippen LogP contribution in [0.1, 0.15) is 32.3 Å². The van der Waals surface area contributed by atoms with Gasteiger partial charge in [-0.3, -0.25) is 9.69 Å². The number of anilines is 1. The number of carbonyl (C=O) groups is 2. The number of amides is 3. The fraction of sp³-hybridized carbons (Fsp3) is 0.538. The highest BCUT2D eigenvalue weighted by atomic mass is 35.5. The van der Waals surface area contributed by atoms with Crippen LogP contribution < -0.4 is 10.6 Å². The topological polar surface area (TPSA) is 98.1 Å². The lowest BCUT2D eigenvalue weighted by atomic mass is 9.99. The molecule has 2 rings (SSSR count).